The molecule has 1 N–H and O–H groups in total. The van der Waals surface area contributed by atoms with Gasteiger partial charge >= 0.3 is 5.97 Å². The largest absolute Gasteiger partial charge is 0.467 e. The third kappa shape index (κ3) is 3.78. The first-order chi connectivity index (χ1) is 17.0. The molecule has 7 nitrogen and oxygen atoms in total. The Morgan fingerprint density at radius 2 is 1.43 bits per heavy atom. The fraction of sp³-hybridized carbons (Fsp3) is 0.250. The van der Waals surface area contributed by atoms with Crippen LogP contribution in [-0.2, 0) is 14.3 Å². The van der Waals surface area contributed by atoms with Crippen molar-refractivity contribution in [2.75, 3.05) is 7.11 Å². The summed E-state index contributed by atoms with van der Waals surface area (Å²) in [6.07, 6.45) is 0.373. The molecule has 3 aromatic rings. The molecule has 3 aromatic carbocycles. The quantitative estimate of drug-likeness (QED) is 0.577. The average Bonchev–Trinajstić information content (AvgIpc) is 3.38. The van der Waals surface area contributed by atoms with E-state index in [0.717, 1.165) is 11.1 Å². The Balaban J connectivity index is 1.63. The van der Waals surface area contributed by atoms with E-state index in [1.165, 1.54) is 12.1 Å². The van der Waals surface area contributed by atoms with E-state index in [2.05, 4.69) is 5.32 Å². The molecule has 2 amide bonds. The summed E-state index contributed by atoms with van der Waals surface area (Å²) in [5.74, 6) is -1.17. The van der Waals surface area contributed by atoms with Gasteiger partial charge < -0.3 is 10.1 Å². The number of amides is 2. The molecule has 2 saturated heterocycles. The molecule has 0 radical (unpaired) electrons. The van der Waals surface area contributed by atoms with Gasteiger partial charge in [-0.15, -0.1) is 0 Å². The van der Waals surface area contributed by atoms with E-state index in [4.69, 9.17) is 4.74 Å². The van der Waals surface area contributed by atoms with Gasteiger partial charge in [-0.25, -0.2) is 4.79 Å². The predicted octanol–water partition coefficient (Wildman–Crippen LogP) is 3.66. The van der Waals surface area contributed by atoms with Crippen molar-refractivity contribution in [1.29, 1.82) is 0 Å². The van der Waals surface area contributed by atoms with Gasteiger partial charge in [0.1, 0.15) is 6.04 Å². The minimum Gasteiger partial charge on any atom is -0.467 e. The SMILES string of the molecule is COC(=O)[C@@]1(C)C[C@H](c2ccccc2)N2[C@H](c3ccccc3)[C@@H](NC(=O)c3ccccc3)C(=O)N21. The lowest BCUT2D eigenvalue weighted by molar-refractivity contribution is -0.166. The molecule has 2 fully saturated rings. The van der Waals surface area contributed by atoms with Gasteiger partial charge in [-0.1, -0.05) is 78.9 Å². The highest BCUT2D eigenvalue weighted by molar-refractivity contribution is 6.00. The number of benzene rings is 3. The summed E-state index contributed by atoms with van der Waals surface area (Å²) in [6, 6.07) is 26.6. The minimum absolute atomic E-state index is 0.270. The molecule has 2 aliphatic rings. The van der Waals surface area contributed by atoms with Gasteiger partial charge in [0.2, 0.25) is 0 Å². The van der Waals surface area contributed by atoms with E-state index in [9.17, 15) is 14.4 Å². The number of rotatable bonds is 5. The molecule has 0 bridgehead atoms. The van der Waals surface area contributed by atoms with Crippen LogP contribution in [-0.4, -0.2) is 46.5 Å². The highest BCUT2D eigenvalue weighted by Gasteiger charge is 2.64. The minimum atomic E-state index is -1.22. The second-order valence-corrected chi connectivity index (χ2v) is 9.10. The molecule has 4 atom stereocenters. The summed E-state index contributed by atoms with van der Waals surface area (Å²) in [7, 11) is 1.33. The molecule has 2 aliphatic heterocycles. The van der Waals surface area contributed by atoms with Gasteiger partial charge in [0, 0.05) is 12.0 Å². The first-order valence-corrected chi connectivity index (χ1v) is 11.6. The Morgan fingerprint density at radius 1 is 0.886 bits per heavy atom. The third-order valence-corrected chi connectivity index (χ3v) is 6.96. The molecule has 5 rings (SSSR count). The Bertz CT molecular complexity index is 1230. The predicted molar refractivity (Wildman–Crippen MR) is 130 cm³/mol. The molecule has 0 aliphatic carbocycles. The summed E-state index contributed by atoms with van der Waals surface area (Å²) >= 11 is 0. The number of methoxy groups -OCH3 is 1. The van der Waals surface area contributed by atoms with Gasteiger partial charge in [0.25, 0.3) is 11.8 Å². The number of hydrazine groups is 1. The maximum Gasteiger partial charge on any atom is 0.333 e. The number of nitrogens with zero attached hydrogens (tertiary/aromatic N) is 2. The van der Waals surface area contributed by atoms with Gasteiger partial charge in [-0.3, -0.25) is 14.6 Å². The Morgan fingerprint density at radius 3 is 2.00 bits per heavy atom. The zero-order chi connectivity index (χ0) is 24.6. The van der Waals surface area contributed by atoms with E-state index in [1.807, 2.05) is 71.7 Å². The van der Waals surface area contributed by atoms with Crippen molar-refractivity contribution in [1.82, 2.24) is 15.3 Å². The summed E-state index contributed by atoms with van der Waals surface area (Å²) in [5.41, 5.74) is 1.10. The van der Waals surface area contributed by atoms with Crippen molar-refractivity contribution in [3.8, 4) is 0 Å². The van der Waals surface area contributed by atoms with Crippen LogP contribution in [0.1, 0.15) is 46.9 Å². The van der Waals surface area contributed by atoms with Crippen LogP contribution in [0.5, 0.6) is 0 Å². The van der Waals surface area contributed by atoms with Crippen molar-refractivity contribution in [2.45, 2.75) is 37.0 Å². The standard InChI is InChI=1S/C28H27N3O4/c1-28(27(34)35-2)18-22(19-12-6-3-7-13-19)30-24(20-14-8-4-9-15-20)23(26(33)31(28)30)29-25(32)21-16-10-5-11-17-21/h3-17,22-24H,18H2,1-2H3,(H,29,32)/t22-,23-,24-,28-/m1/s1. The second-order valence-electron chi connectivity index (χ2n) is 9.10. The Labute approximate surface area is 204 Å². The van der Waals surface area contributed by atoms with Crippen LogP contribution in [0.4, 0.5) is 0 Å². The first-order valence-electron chi connectivity index (χ1n) is 11.6. The number of carbonyl (C=O) groups excluding carboxylic acids is 3. The first kappa shape index (κ1) is 22.8. The molecule has 2 heterocycles. The molecule has 7 heteroatoms. The lowest BCUT2D eigenvalue weighted by Gasteiger charge is -2.34. The molecule has 35 heavy (non-hydrogen) atoms. The summed E-state index contributed by atoms with van der Waals surface area (Å²) in [5, 5.41) is 6.44. The molecule has 0 spiro atoms. The molecule has 0 aromatic heterocycles. The van der Waals surface area contributed by atoms with Crippen LogP contribution in [0, 0.1) is 0 Å². The Kier molecular flexibility index (Phi) is 5.86. The number of hydrogen-bond acceptors (Lipinski definition) is 5. The average molecular weight is 470 g/mol. The van der Waals surface area contributed by atoms with Crippen LogP contribution in [0.2, 0.25) is 0 Å². The van der Waals surface area contributed by atoms with E-state index < -0.39 is 23.6 Å². The number of ether oxygens (including phenoxy) is 1. The maximum atomic E-state index is 14.0. The molecule has 178 valence electrons. The number of esters is 1. The molecular weight excluding hydrogens is 442 g/mol. The van der Waals surface area contributed by atoms with Crippen molar-refractivity contribution in [3.05, 3.63) is 108 Å². The number of nitrogens with one attached hydrogen (secondary N) is 1. The number of carbonyl (C=O) groups is 3. The van der Waals surface area contributed by atoms with Crippen LogP contribution >= 0.6 is 0 Å². The summed E-state index contributed by atoms with van der Waals surface area (Å²) < 4.78 is 5.16. The highest BCUT2D eigenvalue weighted by atomic mass is 16.5. The molecular formula is C28H27N3O4. The fourth-order valence-electron chi connectivity index (χ4n) is 5.33. The molecule has 0 unspecified atom stereocenters. The van der Waals surface area contributed by atoms with E-state index in [-0.39, 0.29) is 17.9 Å². The van der Waals surface area contributed by atoms with E-state index in [1.54, 1.807) is 31.2 Å². The monoisotopic (exact) mass is 469 g/mol. The zero-order valence-corrected chi connectivity index (χ0v) is 19.6. The fourth-order valence-corrected chi connectivity index (χ4v) is 5.33. The van der Waals surface area contributed by atoms with Gasteiger partial charge in [-0.05, 0) is 30.2 Å². The van der Waals surface area contributed by atoms with Crippen LogP contribution in [0.25, 0.3) is 0 Å². The third-order valence-electron chi connectivity index (χ3n) is 6.96. The van der Waals surface area contributed by atoms with Gasteiger partial charge in [0.05, 0.1) is 19.2 Å². The van der Waals surface area contributed by atoms with Crippen LogP contribution < -0.4 is 5.32 Å². The smallest absolute Gasteiger partial charge is 0.333 e. The van der Waals surface area contributed by atoms with E-state index in [0.29, 0.717) is 12.0 Å². The second kappa shape index (κ2) is 9.00. The van der Waals surface area contributed by atoms with Crippen molar-refractivity contribution in [3.63, 3.8) is 0 Å². The highest BCUT2D eigenvalue weighted by Crippen LogP contribution is 2.52. The van der Waals surface area contributed by atoms with E-state index >= 15 is 0 Å². The Hall–Kier alpha value is -3.97. The van der Waals surface area contributed by atoms with Crippen LogP contribution in [0.3, 0.4) is 0 Å². The van der Waals surface area contributed by atoms with Gasteiger partial charge in [0.15, 0.2) is 5.54 Å². The van der Waals surface area contributed by atoms with Crippen molar-refractivity contribution in [2.24, 2.45) is 0 Å². The summed E-state index contributed by atoms with van der Waals surface area (Å²) in [4.78, 5) is 40.2. The van der Waals surface area contributed by atoms with Crippen LogP contribution in [0.15, 0.2) is 91.0 Å². The van der Waals surface area contributed by atoms with Crippen molar-refractivity contribution >= 4 is 17.8 Å². The van der Waals surface area contributed by atoms with Crippen molar-refractivity contribution < 1.29 is 19.1 Å². The number of hydrogen-bond donors (Lipinski definition) is 1. The summed E-state index contributed by atoms with van der Waals surface area (Å²) in [6.45, 7) is 1.73. The molecule has 0 saturated carbocycles. The maximum absolute atomic E-state index is 14.0. The zero-order valence-electron chi connectivity index (χ0n) is 19.6. The topological polar surface area (TPSA) is 79.0 Å². The van der Waals surface area contributed by atoms with Gasteiger partial charge in [-0.2, -0.15) is 5.01 Å². The lowest BCUT2D eigenvalue weighted by Crippen LogP contribution is -2.54. The normalized spacial score (nSPS) is 25.8. The number of fused-ring (bicyclic) bond motifs is 1. The lowest BCUT2D eigenvalue weighted by atomic mass is 9.88.